The van der Waals surface area contributed by atoms with Gasteiger partial charge in [0.05, 0.1) is 0 Å². The van der Waals surface area contributed by atoms with Gasteiger partial charge in [-0.25, -0.2) is 0 Å². The maximum absolute atomic E-state index is 2.24. The van der Waals surface area contributed by atoms with Crippen LogP contribution in [0.1, 0.15) is 0 Å². The molecule has 0 saturated heterocycles. The van der Waals surface area contributed by atoms with Crippen molar-refractivity contribution < 1.29 is 97.8 Å². The van der Waals surface area contributed by atoms with Gasteiger partial charge in [0.1, 0.15) is 0 Å². The molecule has 0 unspecified atom stereocenters. The summed E-state index contributed by atoms with van der Waals surface area (Å²) < 4.78 is 0. The Bertz CT molecular complexity index is 557. The van der Waals surface area contributed by atoms with Crippen LogP contribution in [0.15, 0.2) is 66.7 Å². The molecule has 0 fully saturated rings. The van der Waals surface area contributed by atoms with Gasteiger partial charge in [-0.2, -0.15) is 0 Å². The van der Waals surface area contributed by atoms with E-state index in [4.69, 9.17) is 0 Å². The van der Waals surface area contributed by atoms with Crippen LogP contribution in [0.4, 0.5) is 0 Å². The normalized spacial score (nSPS) is 8.42. The smallest absolute Gasteiger partial charge is 1.00 e. The number of benzene rings is 2. The Labute approximate surface area is 183 Å². The van der Waals surface area contributed by atoms with Crippen molar-refractivity contribution in [2.45, 2.75) is 0 Å². The Kier molecular flexibility index (Phi) is 12.7. The van der Waals surface area contributed by atoms with Crippen LogP contribution >= 0.6 is 0 Å². The van der Waals surface area contributed by atoms with Gasteiger partial charge in [0.2, 0.25) is 0 Å². The number of rotatable bonds is 1. The van der Waals surface area contributed by atoms with Crippen molar-refractivity contribution >= 4 is 10.8 Å². The van der Waals surface area contributed by atoms with Gasteiger partial charge in [0, 0.05) is 0 Å². The maximum Gasteiger partial charge on any atom is 4.00 e. The Hall–Kier alpha value is 1.11. The van der Waals surface area contributed by atoms with Crippen LogP contribution in [0.25, 0.3) is 21.9 Å². The summed E-state index contributed by atoms with van der Waals surface area (Å²) in [5.74, 6) is 0. The van der Waals surface area contributed by atoms with Gasteiger partial charge < -0.3 is 71.9 Å². The molecule has 0 heterocycles. The molecule has 0 amide bonds. The zero-order valence-corrected chi connectivity index (χ0v) is 20.0. The van der Waals surface area contributed by atoms with Crippen LogP contribution in [-0.2, 0) is 25.8 Å². The molecule has 0 atom stereocenters. The van der Waals surface area contributed by atoms with Crippen LogP contribution in [0, 0.1) is 0 Å². The largest absolute Gasteiger partial charge is 4.00 e. The fraction of sp³-hybridized carbons (Fsp3) is 0. The summed E-state index contributed by atoms with van der Waals surface area (Å²) in [6.45, 7) is 0. The SMILES string of the molecule is [Hf+4].[I-].[I-].[I-].c1ccc(-c2cc3ccccc3[cH-]2)cc1. The molecule has 3 aromatic carbocycles. The standard InChI is InChI=1S/C15H11.Hf.3HI/c1-2-6-12(7-3-1)15-10-13-8-4-5-9-14(13)11-15;;;;/h1-11H;;3*1H/q-1;+4;;;/p-3. The molecule has 96 valence electrons. The summed E-state index contributed by atoms with van der Waals surface area (Å²) in [6.07, 6.45) is 0. The van der Waals surface area contributed by atoms with Crippen molar-refractivity contribution in [3.05, 3.63) is 66.7 Å². The molecule has 0 aliphatic rings. The minimum atomic E-state index is 0. The average Bonchev–Trinajstić information content (AvgIpc) is 2.74. The van der Waals surface area contributed by atoms with Crippen molar-refractivity contribution in [1.82, 2.24) is 0 Å². The first-order valence-electron chi connectivity index (χ1n) is 5.14. The monoisotopic (exact) mass is 752 g/mol. The third-order valence-electron chi connectivity index (χ3n) is 2.73. The third-order valence-corrected chi connectivity index (χ3v) is 2.73. The summed E-state index contributed by atoms with van der Waals surface area (Å²) in [5, 5.41) is 2.63. The molecular weight excluding hydrogens is 739 g/mol. The second-order valence-corrected chi connectivity index (χ2v) is 3.74. The Morgan fingerprint density at radius 2 is 1.26 bits per heavy atom. The molecule has 0 radical (unpaired) electrons. The van der Waals surface area contributed by atoms with Gasteiger partial charge in [0.25, 0.3) is 0 Å². The van der Waals surface area contributed by atoms with E-state index in [0.717, 1.165) is 0 Å². The zero-order chi connectivity index (χ0) is 10.1. The molecule has 19 heavy (non-hydrogen) atoms. The fourth-order valence-electron chi connectivity index (χ4n) is 1.95. The second-order valence-electron chi connectivity index (χ2n) is 3.74. The van der Waals surface area contributed by atoms with Crippen LogP contribution in [-0.4, -0.2) is 0 Å². The minimum Gasteiger partial charge on any atom is -1.00 e. The van der Waals surface area contributed by atoms with Crippen LogP contribution in [0.5, 0.6) is 0 Å². The van der Waals surface area contributed by atoms with Gasteiger partial charge in [-0.15, -0.1) is 34.5 Å². The first kappa shape index (κ1) is 22.4. The maximum atomic E-state index is 2.24. The summed E-state index contributed by atoms with van der Waals surface area (Å²) >= 11 is 0. The number of hydrogen-bond acceptors (Lipinski definition) is 0. The zero-order valence-electron chi connectivity index (χ0n) is 9.98. The van der Waals surface area contributed by atoms with E-state index in [0.29, 0.717) is 0 Å². The Balaban J connectivity index is 0. The van der Waals surface area contributed by atoms with Crippen molar-refractivity contribution in [3.8, 4) is 11.1 Å². The summed E-state index contributed by atoms with van der Waals surface area (Å²) in [6, 6.07) is 23.4. The van der Waals surface area contributed by atoms with E-state index in [9.17, 15) is 0 Å². The number of hydrogen-bond donors (Lipinski definition) is 0. The molecule has 3 rings (SSSR count). The quantitative estimate of drug-likeness (QED) is 0.133. The van der Waals surface area contributed by atoms with Gasteiger partial charge in [0.15, 0.2) is 0 Å². The molecule has 0 aromatic heterocycles. The molecule has 4 heteroatoms. The first-order valence-corrected chi connectivity index (χ1v) is 5.14. The van der Waals surface area contributed by atoms with Crippen LogP contribution < -0.4 is 71.9 Å². The van der Waals surface area contributed by atoms with Gasteiger partial charge >= 0.3 is 25.8 Å². The molecular formula is C15H11HfI3. The van der Waals surface area contributed by atoms with E-state index in [1.807, 2.05) is 6.07 Å². The van der Waals surface area contributed by atoms with Gasteiger partial charge in [-0.05, 0) is 0 Å². The molecule has 0 bridgehead atoms. The van der Waals surface area contributed by atoms with Gasteiger partial charge in [-0.1, -0.05) is 54.1 Å². The van der Waals surface area contributed by atoms with E-state index >= 15 is 0 Å². The van der Waals surface area contributed by atoms with Crippen molar-refractivity contribution in [2.75, 3.05) is 0 Å². The van der Waals surface area contributed by atoms with E-state index in [1.54, 1.807) is 0 Å². The number of halogens is 3. The summed E-state index contributed by atoms with van der Waals surface area (Å²) in [7, 11) is 0. The van der Waals surface area contributed by atoms with Gasteiger partial charge in [-0.3, -0.25) is 0 Å². The predicted molar refractivity (Wildman–Crippen MR) is 65.0 cm³/mol. The molecule has 3 aromatic rings. The van der Waals surface area contributed by atoms with E-state index in [1.165, 1.54) is 21.9 Å². The van der Waals surface area contributed by atoms with E-state index < -0.39 is 0 Å². The fourth-order valence-corrected chi connectivity index (χ4v) is 1.95. The third kappa shape index (κ3) is 5.43. The van der Waals surface area contributed by atoms with Crippen LogP contribution in [0.3, 0.4) is 0 Å². The molecule has 0 N–H and O–H groups in total. The second kappa shape index (κ2) is 10.8. The van der Waals surface area contributed by atoms with Crippen molar-refractivity contribution in [2.24, 2.45) is 0 Å². The average molecular weight is 750 g/mol. The minimum absolute atomic E-state index is 0. The van der Waals surface area contributed by atoms with E-state index in [-0.39, 0.29) is 97.8 Å². The Morgan fingerprint density at radius 1 is 0.684 bits per heavy atom. The molecule has 0 saturated carbocycles. The molecule has 0 spiro atoms. The molecule has 0 aliphatic heterocycles. The summed E-state index contributed by atoms with van der Waals surface area (Å²) in [5.41, 5.74) is 2.59. The Morgan fingerprint density at radius 3 is 1.89 bits per heavy atom. The van der Waals surface area contributed by atoms with E-state index in [2.05, 4.69) is 60.7 Å². The van der Waals surface area contributed by atoms with Crippen molar-refractivity contribution in [3.63, 3.8) is 0 Å². The summed E-state index contributed by atoms with van der Waals surface area (Å²) in [4.78, 5) is 0. The van der Waals surface area contributed by atoms with Crippen molar-refractivity contribution in [1.29, 1.82) is 0 Å². The number of fused-ring (bicyclic) bond motifs is 1. The topological polar surface area (TPSA) is 0 Å². The molecule has 0 aliphatic carbocycles. The van der Waals surface area contributed by atoms with Crippen LogP contribution in [0.2, 0.25) is 0 Å². The first-order chi connectivity index (χ1) is 7.43. The molecule has 0 nitrogen and oxygen atoms in total. The predicted octanol–water partition coefficient (Wildman–Crippen LogP) is -4.76.